The molecule has 1 heterocycles. The summed E-state index contributed by atoms with van der Waals surface area (Å²) in [5.41, 5.74) is 1.39. The highest BCUT2D eigenvalue weighted by Gasteiger charge is 2.18. The van der Waals surface area contributed by atoms with Crippen molar-refractivity contribution in [2.24, 2.45) is 0 Å². The molecule has 0 unspecified atom stereocenters. The second-order valence-electron chi connectivity index (χ2n) is 5.45. The van der Waals surface area contributed by atoms with E-state index in [0.29, 0.717) is 0 Å². The molecule has 0 radical (unpaired) electrons. The molecule has 1 aromatic rings. The standard InChI is InChI=1S/C15H27N3/c1-3-18-10-8-14(13-18)12-16-9-11-17(2)15-6-4-5-7-15/h8,10,13,15-16H,3-7,9,11-12H2,1-2H3. The normalized spacial score (nSPS) is 16.8. The van der Waals surface area contributed by atoms with Crippen LogP contribution in [0.2, 0.25) is 0 Å². The summed E-state index contributed by atoms with van der Waals surface area (Å²) in [6.07, 6.45) is 10.0. The van der Waals surface area contributed by atoms with Crippen molar-refractivity contribution in [1.82, 2.24) is 14.8 Å². The Morgan fingerprint density at radius 3 is 2.83 bits per heavy atom. The van der Waals surface area contributed by atoms with Crippen LogP contribution in [0.25, 0.3) is 0 Å². The summed E-state index contributed by atoms with van der Waals surface area (Å²) in [4.78, 5) is 2.53. The number of aryl methyl sites for hydroxylation is 1. The number of nitrogens with one attached hydrogen (secondary N) is 1. The van der Waals surface area contributed by atoms with Crippen LogP contribution in [-0.2, 0) is 13.1 Å². The van der Waals surface area contributed by atoms with Crippen LogP contribution < -0.4 is 5.32 Å². The second kappa shape index (κ2) is 6.95. The van der Waals surface area contributed by atoms with E-state index in [1.807, 2.05) is 0 Å². The summed E-state index contributed by atoms with van der Waals surface area (Å²) in [5, 5.41) is 3.54. The summed E-state index contributed by atoms with van der Waals surface area (Å²) >= 11 is 0. The van der Waals surface area contributed by atoms with Gasteiger partial charge in [0.1, 0.15) is 0 Å². The predicted molar refractivity (Wildman–Crippen MR) is 76.7 cm³/mol. The molecule has 0 aromatic carbocycles. The van der Waals surface area contributed by atoms with Gasteiger partial charge in [0.2, 0.25) is 0 Å². The molecule has 0 saturated heterocycles. The topological polar surface area (TPSA) is 20.2 Å². The first-order valence-electron chi connectivity index (χ1n) is 7.35. The van der Waals surface area contributed by atoms with Crippen molar-refractivity contribution in [2.75, 3.05) is 20.1 Å². The molecule has 0 aliphatic heterocycles. The summed E-state index contributed by atoms with van der Waals surface area (Å²) in [5.74, 6) is 0. The Balaban J connectivity index is 1.60. The molecule has 1 aliphatic rings. The van der Waals surface area contributed by atoms with Gasteiger partial charge in [-0.05, 0) is 38.4 Å². The maximum atomic E-state index is 3.54. The Labute approximate surface area is 111 Å². The molecule has 3 heteroatoms. The molecule has 18 heavy (non-hydrogen) atoms. The van der Waals surface area contributed by atoms with Crippen LogP contribution in [0.5, 0.6) is 0 Å². The highest BCUT2D eigenvalue weighted by atomic mass is 15.1. The molecule has 0 amide bonds. The van der Waals surface area contributed by atoms with Gasteiger partial charge < -0.3 is 14.8 Å². The second-order valence-corrected chi connectivity index (χ2v) is 5.45. The fraction of sp³-hybridized carbons (Fsp3) is 0.733. The van der Waals surface area contributed by atoms with Gasteiger partial charge in [-0.1, -0.05) is 12.8 Å². The molecule has 3 nitrogen and oxygen atoms in total. The van der Waals surface area contributed by atoms with Crippen LogP contribution in [0.1, 0.15) is 38.2 Å². The largest absolute Gasteiger partial charge is 0.354 e. The number of rotatable bonds is 7. The molecular weight excluding hydrogens is 222 g/mol. The Morgan fingerprint density at radius 2 is 2.17 bits per heavy atom. The lowest BCUT2D eigenvalue weighted by atomic mass is 10.2. The number of hydrogen-bond donors (Lipinski definition) is 1. The molecule has 1 saturated carbocycles. The maximum absolute atomic E-state index is 3.54. The van der Waals surface area contributed by atoms with E-state index in [1.165, 1.54) is 37.8 Å². The van der Waals surface area contributed by atoms with Crippen molar-refractivity contribution < 1.29 is 0 Å². The van der Waals surface area contributed by atoms with E-state index >= 15 is 0 Å². The van der Waals surface area contributed by atoms with Crippen LogP contribution in [-0.4, -0.2) is 35.6 Å². The summed E-state index contributed by atoms with van der Waals surface area (Å²) < 4.78 is 2.22. The summed E-state index contributed by atoms with van der Waals surface area (Å²) in [6, 6.07) is 3.05. The SMILES string of the molecule is CCn1ccc(CNCCN(C)C2CCCC2)c1. The molecule has 1 aromatic heterocycles. The first-order valence-corrected chi connectivity index (χ1v) is 7.35. The molecule has 2 rings (SSSR count). The van der Waals surface area contributed by atoms with Gasteiger partial charge in [0.15, 0.2) is 0 Å². The minimum absolute atomic E-state index is 0.841. The van der Waals surface area contributed by atoms with Crippen molar-refractivity contribution in [1.29, 1.82) is 0 Å². The highest BCUT2D eigenvalue weighted by Crippen LogP contribution is 2.21. The zero-order valence-electron chi connectivity index (χ0n) is 11.9. The number of aromatic nitrogens is 1. The van der Waals surface area contributed by atoms with E-state index in [2.05, 4.69) is 47.2 Å². The number of hydrogen-bond acceptors (Lipinski definition) is 2. The van der Waals surface area contributed by atoms with Gasteiger partial charge in [-0.15, -0.1) is 0 Å². The van der Waals surface area contributed by atoms with E-state index in [1.54, 1.807) is 0 Å². The van der Waals surface area contributed by atoms with Crippen LogP contribution >= 0.6 is 0 Å². The molecular formula is C15H27N3. The van der Waals surface area contributed by atoms with Crippen LogP contribution in [0.3, 0.4) is 0 Å². The van der Waals surface area contributed by atoms with Crippen molar-refractivity contribution in [3.05, 3.63) is 24.0 Å². The molecule has 1 N–H and O–H groups in total. The Hall–Kier alpha value is -0.800. The third-order valence-corrected chi connectivity index (χ3v) is 4.10. The molecule has 1 fully saturated rings. The zero-order valence-corrected chi connectivity index (χ0v) is 11.9. The van der Waals surface area contributed by atoms with Gasteiger partial charge in [-0.2, -0.15) is 0 Å². The first-order chi connectivity index (χ1) is 8.79. The van der Waals surface area contributed by atoms with E-state index in [0.717, 1.165) is 25.7 Å². The smallest absolute Gasteiger partial charge is 0.0221 e. The van der Waals surface area contributed by atoms with Gasteiger partial charge >= 0.3 is 0 Å². The third-order valence-electron chi connectivity index (χ3n) is 4.10. The van der Waals surface area contributed by atoms with Gasteiger partial charge in [-0.25, -0.2) is 0 Å². The zero-order chi connectivity index (χ0) is 12.8. The van der Waals surface area contributed by atoms with E-state index in [-0.39, 0.29) is 0 Å². The molecule has 0 atom stereocenters. The quantitative estimate of drug-likeness (QED) is 0.749. The van der Waals surface area contributed by atoms with E-state index < -0.39 is 0 Å². The van der Waals surface area contributed by atoms with Gasteiger partial charge in [0.25, 0.3) is 0 Å². The van der Waals surface area contributed by atoms with E-state index in [4.69, 9.17) is 0 Å². The lowest BCUT2D eigenvalue weighted by Crippen LogP contribution is -2.35. The van der Waals surface area contributed by atoms with Gasteiger partial charge in [0, 0.05) is 44.6 Å². The van der Waals surface area contributed by atoms with Crippen molar-refractivity contribution >= 4 is 0 Å². The van der Waals surface area contributed by atoms with Crippen LogP contribution in [0.4, 0.5) is 0 Å². The minimum Gasteiger partial charge on any atom is -0.354 e. The van der Waals surface area contributed by atoms with Crippen LogP contribution in [0.15, 0.2) is 18.5 Å². The lowest BCUT2D eigenvalue weighted by molar-refractivity contribution is 0.245. The van der Waals surface area contributed by atoms with Gasteiger partial charge in [0.05, 0.1) is 0 Å². The third kappa shape index (κ3) is 3.85. The maximum Gasteiger partial charge on any atom is 0.0221 e. The van der Waals surface area contributed by atoms with Crippen molar-refractivity contribution in [3.63, 3.8) is 0 Å². The van der Waals surface area contributed by atoms with E-state index in [9.17, 15) is 0 Å². The monoisotopic (exact) mass is 249 g/mol. The minimum atomic E-state index is 0.841. The van der Waals surface area contributed by atoms with Crippen molar-refractivity contribution in [3.8, 4) is 0 Å². The number of nitrogens with zero attached hydrogens (tertiary/aromatic N) is 2. The number of likely N-dealkylation sites (N-methyl/N-ethyl adjacent to an activating group) is 1. The Morgan fingerprint density at radius 1 is 1.39 bits per heavy atom. The Kier molecular flexibility index (Phi) is 5.26. The molecule has 102 valence electrons. The predicted octanol–water partition coefficient (Wildman–Crippen LogP) is 2.47. The fourth-order valence-electron chi connectivity index (χ4n) is 2.81. The fourth-order valence-corrected chi connectivity index (χ4v) is 2.81. The Bertz CT molecular complexity index is 339. The summed E-state index contributed by atoms with van der Waals surface area (Å²) in [6.45, 7) is 6.48. The average molecular weight is 249 g/mol. The lowest BCUT2D eigenvalue weighted by Gasteiger charge is -2.23. The van der Waals surface area contributed by atoms with Gasteiger partial charge in [-0.3, -0.25) is 0 Å². The molecule has 0 spiro atoms. The summed E-state index contributed by atoms with van der Waals surface area (Å²) in [7, 11) is 2.27. The van der Waals surface area contributed by atoms with Crippen LogP contribution in [0, 0.1) is 0 Å². The molecule has 0 bridgehead atoms. The molecule has 1 aliphatic carbocycles. The first kappa shape index (κ1) is 13.6. The van der Waals surface area contributed by atoms with Crippen molar-refractivity contribution in [2.45, 2.75) is 51.7 Å². The average Bonchev–Trinajstić information content (AvgIpc) is 3.05. The highest BCUT2D eigenvalue weighted by molar-refractivity contribution is 5.09.